The molecule has 0 radical (unpaired) electrons. The standard InChI is InChI=1S/C19H23F3N4O2S/c1-27-14-8-13(9-15(10-14)28-2)24-18(29)23-6-3-7-26-16(12-4-5-12)11-17(25-26)19(20,21)22/h8-12H,3-7H2,1-2H3,(H2,23,24,29). The summed E-state index contributed by atoms with van der Waals surface area (Å²) in [5.74, 6) is 1.44. The van der Waals surface area contributed by atoms with Gasteiger partial charge in [0.2, 0.25) is 0 Å². The van der Waals surface area contributed by atoms with Crippen LogP contribution in [0.1, 0.15) is 36.6 Å². The van der Waals surface area contributed by atoms with Crippen LogP contribution in [-0.4, -0.2) is 35.7 Å². The maximum absolute atomic E-state index is 12.9. The largest absolute Gasteiger partial charge is 0.497 e. The molecule has 158 valence electrons. The maximum Gasteiger partial charge on any atom is 0.435 e. The van der Waals surface area contributed by atoms with Gasteiger partial charge in [-0.05, 0) is 37.5 Å². The third kappa shape index (κ3) is 5.75. The van der Waals surface area contributed by atoms with Crippen LogP contribution >= 0.6 is 12.2 Å². The second kappa shape index (κ2) is 8.89. The highest BCUT2D eigenvalue weighted by atomic mass is 32.1. The molecule has 3 rings (SSSR count). The van der Waals surface area contributed by atoms with Gasteiger partial charge in [0.1, 0.15) is 11.5 Å². The lowest BCUT2D eigenvalue weighted by Gasteiger charge is -2.13. The minimum atomic E-state index is -4.42. The summed E-state index contributed by atoms with van der Waals surface area (Å²) in [6.07, 6.45) is -2.00. The van der Waals surface area contributed by atoms with E-state index in [9.17, 15) is 13.2 Å². The van der Waals surface area contributed by atoms with Gasteiger partial charge >= 0.3 is 6.18 Å². The number of thiocarbonyl (C=S) groups is 1. The molecule has 0 saturated heterocycles. The van der Waals surface area contributed by atoms with Crippen molar-refractivity contribution < 1.29 is 22.6 Å². The van der Waals surface area contributed by atoms with E-state index in [2.05, 4.69) is 15.7 Å². The molecule has 0 bridgehead atoms. The number of nitrogens with zero attached hydrogens (tertiary/aromatic N) is 2. The monoisotopic (exact) mass is 428 g/mol. The number of nitrogens with one attached hydrogen (secondary N) is 2. The van der Waals surface area contributed by atoms with Crippen molar-refractivity contribution in [3.05, 3.63) is 35.7 Å². The van der Waals surface area contributed by atoms with Gasteiger partial charge in [0.15, 0.2) is 10.8 Å². The summed E-state index contributed by atoms with van der Waals surface area (Å²) in [5, 5.41) is 10.3. The summed E-state index contributed by atoms with van der Waals surface area (Å²) in [5.41, 5.74) is 0.551. The molecule has 1 aromatic heterocycles. The number of ether oxygens (including phenoxy) is 2. The molecule has 0 atom stereocenters. The van der Waals surface area contributed by atoms with Crippen LogP contribution in [0.15, 0.2) is 24.3 Å². The summed E-state index contributed by atoms with van der Waals surface area (Å²) >= 11 is 5.28. The normalized spacial score (nSPS) is 13.8. The molecular weight excluding hydrogens is 405 g/mol. The van der Waals surface area contributed by atoms with E-state index in [4.69, 9.17) is 21.7 Å². The van der Waals surface area contributed by atoms with Gasteiger partial charge in [-0.2, -0.15) is 18.3 Å². The summed E-state index contributed by atoms with van der Waals surface area (Å²) in [4.78, 5) is 0. The van der Waals surface area contributed by atoms with Crippen LogP contribution in [0.2, 0.25) is 0 Å². The van der Waals surface area contributed by atoms with Crippen LogP contribution in [-0.2, 0) is 12.7 Å². The number of rotatable bonds is 8. The smallest absolute Gasteiger partial charge is 0.435 e. The number of methoxy groups -OCH3 is 2. The summed E-state index contributed by atoms with van der Waals surface area (Å²) in [7, 11) is 3.12. The number of alkyl halides is 3. The van der Waals surface area contributed by atoms with Crippen LogP contribution in [0.4, 0.5) is 18.9 Å². The van der Waals surface area contributed by atoms with Crippen molar-refractivity contribution in [3.63, 3.8) is 0 Å². The zero-order valence-corrected chi connectivity index (χ0v) is 17.0. The second-order valence-corrected chi connectivity index (χ2v) is 7.19. The van der Waals surface area contributed by atoms with E-state index >= 15 is 0 Å². The van der Waals surface area contributed by atoms with E-state index in [0.717, 1.165) is 12.8 Å². The van der Waals surface area contributed by atoms with Gasteiger partial charge in [-0.3, -0.25) is 4.68 Å². The highest BCUT2D eigenvalue weighted by molar-refractivity contribution is 7.80. The van der Waals surface area contributed by atoms with E-state index in [1.54, 1.807) is 32.4 Å². The van der Waals surface area contributed by atoms with E-state index in [-0.39, 0.29) is 5.92 Å². The Balaban J connectivity index is 1.51. The quantitative estimate of drug-likeness (QED) is 0.486. The van der Waals surface area contributed by atoms with Gasteiger partial charge in [-0.15, -0.1) is 0 Å². The van der Waals surface area contributed by atoms with Gasteiger partial charge in [0.05, 0.1) is 14.2 Å². The predicted molar refractivity (Wildman–Crippen MR) is 108 cm³/mol. The first-order valence-electron chi connectivity index (χ1n) is 9.23. The van der Waals surface area contributed by atoms with Gasteiger partial charge in [-0.1, -0.05) is 0 Å². The summed E-state index contributed by atoms with van der Waals surface area (Å²) < 4.78 is 50.7. The average Bonchev–Trinajstić information content (AvgIpc) is 3.43. The Morgan fingerprint density at radius 2 is 1.83 bits per heavy atom. The van der Waals surface area contributed by atoms with Crippen LogP contribution < -0.4 is 20.1 Å². The van der Waals surface area contributed by atoms with Gasteiger partial charge in [0.25, 0.3) is 0 Å². The molecule has 2 N–H and O–H groups in total. The van der Waals surface area contributed by atoms with Crippen molar-refractivity contribution in [1.29, 1.82) is 0 Å². The maximum atomic E-state index is 12.9. The Morgan fingerprint density at radius 1 is 1.17 bits per heavy atom. The van der Waals surface area contributed by atoms with Gasteiger partial charge < -0.3 is 20.1 Å². The third-order valence-corrected chi connectivity index (χ3v) is 4.79. The molecule has 2 aromatic rings. The zero-order valence-electron chi connectivity index (χ0n) is 16.2. The minimum absolute atomic E-state index is 0.192. The fourth-order valence-corrected chi connectivity index (χ4v) is 3.16. The SMILES string of the molecule is COc1cc(NC(=S)NCCCn2nc(C(F)(F)F)cc2C2CC2)cc(OC)c1. The van der Waals surface area contributed by atoms with Crippen molar-refractivity contribution in [3.8, 4) is 11.5 Å². The van der Waals surface area contributed by atoms with Crippen molar-refractivity contribution in [2.45, 2.75) is 37.9 Å². The highest BCUT2D eigenvalue weighted by Crippen LogP contribution is 2.42. The summed E-state index contributed by atoms with van der Waals surface area (Å²) in [6.45, 7) is 0.892. The predicted octanol–water partition coefficient (Wildman–Crippen LogP) is 4.17. The van der Waals surface area contributed by atoms with Crippen molar-refractivity contribution in [1.82, 2.24) is 15.1 Å². The topological polar surface area (TPSA) is 60.3 Å². The Hall–Kier alpha value is -2.49. The molecule has 1 aromatic carbocycles. The molecule has 1 aliphatic carbocycles. The number of aromatic nitrogens is 2. The number of anilines is 1. The number of benzene rings is 1. The van der Waals surface area contributed by atoms with Crippen molar-refractivity contribution in [2.75, 3.05) is 26.1 Å². The van der Waals surface area contributed by atoms with E-state index < -0.39 is 11.9 Å². The molecule has 29 heavy (non-hydrogen) atoms. The van der Waals surface area contributed by atoms with Crippen LogP contribution in [0.5, 0.6) is 11.5 Å². The highest BCUT2D eigenvalue weighted by Gasteiger charge is 2.37. The van der Waals surface area contributed by atoms with Gasteiger partial charge in [0, 0.05) is 48.6 Å². The number of hydrogen-bond acceptors (Lipinski definition) is 4. The Labute approximate surface area is 172 Å². The van der Waals surface area contributed by atoms with Crippen LogP contribution in [0.3, 0.4) is 0 Å². The molecule has 6 nitrogen and oxygen atoms in total. The summed E-state index contributed by atoms with van der Waals surface area (Å²) in [6, 6.07) is 6.48. The molecule has 10 heteroatoms. The van der Waals surface area contributed by atoms with Crippen molar-refractivity contribution >= 4 is 23.0 Å². The molecule has 0 spiro atoms. The average molecular weight is 428 g/mol. The first kappa shape index (κ1) is 21.2. The van der Waals surface area contributed by atoms with Crippen molar-refractivity contribution in [2.24, 2.45) is 0 Å². The lowest BCUT2D eigenvalue weighted by Crippen LogP contribution is -2.30. The Kier molecular flexibility index (Phi) is 6.51. The molecule has 0 aliphatic heterocycles. The first-order chi connectivity index (χ1) is 13.8. The molecule has 1 aliphatic rings. The molecule has 1 fully saturated rings. The molecule has 1 saturated carbocycles. The van der Waals surface area contributed by atoms with E-state index in [1.807, 2.05) is 0 Å². The fraction of sp³-hybridized carbons (Fsp3) is 0.474. The second-order valence-electron chi connectivity index (χ2n) is 6.79. The Bertz CT molecular complexity index is 843. The Morgan fingerprint density at radius 3 is 2.38 bits per heavy atom. The minimum Gasteiger partial charge on any atom is -0.497 e. The van der Waals surface area contributed by atoms with Gasteiger partial charge in [-0.25, -0.2) is 0 Å². The lowest BCUT2D eigenvalue weighted by molar-refractivity contribution is -0.141. The molecule has 0 amide bonds. The van der Waals surface area contributed by atoms with Crippen LogP contribution in [0, 0.1) is 0 Å². The number of halogens is 3. The molecule has 1 heterocycles. The molecular formula is C19H23F3N4O2S. The van der Waals surface area contributed by atoms with E-state index in [1.165, 1.54) is 10.7 Å². The van der Waals surface area contributed by atoms with E-state index in [0.29, 0.717) is 47.5 Å². The first-order valence-corrected chi connectivity index (χ1v) is 9.64. The number of aryl methyl sites for hydroxylation is 1. The molecule has 0 unspecified atom stereocenters. The lowest BCUT2D eigenvalue weighted by atomic mass is 10.2. The number of hydrogen-bond donors (Lipinski definition) is 2. The zero-order chi connectivity index (χ0) is 21.0. The fourth-order valence-electron chi connectivity index (χ4n) is 2.94. The third-order valence-electron chi connectivity index (χ3n) is 4.54. The van der Waals surface area contributed by atoms with Crippen LogP contribution in [0.25, 0.3) is 0 Å².